The van der Waals surface area contributed by atoms with Gasteiger partial charge in [-0.05, 0) is 29.1 Å². The van der Waals surface area contributed by atoms with Crippen LogP contribution in [0.15, 0.2) is 42.0 Å². The number of nitrogens with two attached hydrogens (primary N) is 1. The SMILES string of the molecule is Cl.Cl.Nc1ccc(CC(=O)N2CCN(c3ncnc4ccsc34)CC2)cc1. The number of piperazine rings is 1. The van der Waals surface area contributed by atoms with E-state index in [0.717, 1.165) is 40.4 Å². The van der Waals surface area contributed by atoms with Crippen LogP contribution in [0.1, 0.15) is 5.56 Å². The molecule has 9 heteroatoms. The van der Waals surface area contributed by atoms with Gasteiger partial charge in [-0.15, -0.1) is 36.2 Å². The molecule has 0 saturated carbocycles. The smallest absolute Gasteiger partial charge is 0.227 e. The molecule has 2 aromatic heterocycles. The molecule has 0 radical (unpaired) electrons. The highest BCUT2D eigenvalue weighted by Crippen LogP contribution is 2.28. The van der Waals surface area contributed by atoms with E-state index in [-0.39, 0.29) is 30.7 Å². The third kappa shape index (κ3) is 4.61. The highest BCUT2D eigenvalue weighted by Gasteiger charge is 2.23. The van der Waals surface area contributed by atoms with Crippen molar-refractivity contribution in [2.75, 3.05) is 36.8 Å². The number of carbonyl (C=O) groups is 1. The number of hydrogen-bond acceptors (Lipinski definition) is 6. The fourth-order valence-electron chi connectivity index (χ4n) is 3.09. The minimum atomic E-state index is 0. The summed E-state index contributed by atoms with van der Waals surface area (Å²) in [5, 5.41) is 2.04. The van der Waals surface area contributed by atoms with Crippen molar-refractivity contribution in [3.63, 3.8) is 0 Å². The first-order valence-corrected chi connectivity index (χ1v) is 9.14. The fraction of sp³-hybridized carbons (Fsp3) is 0.278. The molecule has 3 heterocycles. The first kappa shape index (κ1) is 21.2. The van der Waals surface area contributed by atoms with Gasteiger partial charge < -0.3 is 15.5 Å². The summed E-state index contributed by atoms with van der Waals surface area (Å²) in [5.41, 5.74) is 8.39. The van der Waals surface area contributed by atoms with E-state index in [0.29, 0.717) is 19.5 Å². The van der Waals surface area contributed by atoms with Gasteiger partial charge in [0, 0.05) is 31.9 Å². The van der Waals surface area contributed by atoms with E-state index >= 15 is 0 Å². The molecule has 0 unspecified atom stereocenters. The van der Waals surface area contributed by atoms with E-state index in [1.54, 1.807) is 17.7 Å². The van der Waals surface area contributed by atoms with Gasteiger partial charge in [0.2, 0.25) is 5.91 Å². The standard InChI is InChI=1S/C18H19N5OS.2ClH/c19-14-3-1-13(2-4-14)11-16(24)22-6-8-23(9-7-22)18-17-15(5-10-25-17)20-12-21-18;;/h1-5,10,12H,6-9,11,19H2;2*1H. The Morgan fingerprint density at radius 3 is 2.44 bits per heavy atom. The number of fused-ring (bicyclic) bond motifs is 1. The summed E-state index contributed by atoms with van der Waals surface area (Å²) in [7, 11) is 0. The van der Waals surface area contributed by atoms with E-state index in [4.69, 9.17) is 5.73 Å². The van der Waals surface area contributed by atoms with E-state index in [9.17, 15) is 4.79 Å². The zero-order valence-corrected chi connectivity index (χ0v) is 17.0. The van der Waals surface area contributed by atoms with Crippen LogP contribution in [0.2, 0.25) is 0 Å². The summed E-state index contributed by atoms with van der Waals surface area (Å²) in [5.74, 6) is 1.14. The van der Waals surface area contributed by atoms with Gasteiger partial charge in [0.15, 0.2) is 0 Å². The molecule has 1 aliphatic heterocycles. The summed E-state index contributed by atoms with van der Waals surface area (Å²) in [6.07, 6.45) is 2.03. The summed E-state index contributed by atoms with van der Waals surface area (Å²) in [6, 6.07) is 9.51. The highest BCUT2D eigenvalue weighted by atomic mass is 35.5. The monoisotopic (exact) mass is 425 g/mol. The molecule has 1 saturated heterocycles. The minimum absolute atomic E-state index is 0. The predicted octanol–water partition coefficient (Wildman–Crippen LogP) is 3.01. The largest absolute Gasteiger partial charge is 0.399 e. The lowest BCUT2D eigenvalue weighted by Gasteiger charge is -2.35. The van der Waals surface area contributed by atoms with E-state index in [1.165, 1.54) is 0 Å². The van der Waals surface area contributed by atoms with Crippen molar-refractivity contribution < 1.29 is 4.79 Å². The van der Waals surface area contributed by atoms with Crippen LogP contribution in [0.5, 0.6) is 0 Å². The van der Waals surface area contributed by atoms with Crippen molar-refractivity contribution in [2.45, 2.75) is 6.42 Å². The van der Waals surface area contributed by atoms with Crippen molar-refractivity contribution >= 4 is 63.8 Å². The number of nitrogen functional groups attached to an aromatic ring is 1. The molecule has 4 rings (SSSR count). The Morgan fingerprint density at radius 1 is 1.04 bits per heavy atom. The highest BCUT2D eigenvalue weighted by molar-refractivity contribution is 7.17. The summed E-state index contributed by atoms with van der Waals surface area (Å²) in [6.45, 7) is 3.00. The third-order valence-electron chi connectivity index (χ3n) is 4.49. The van der Waals surface area contributed by atoms with Crippen molar-refractivity contribution in [2.24, 2.45) is 0 Å². The number of anilines is 2. The summed E-state index contributed by atoms with van der Waals surface area (Å²) in [4.78, 5) is 25.4. The molecule has 27 heavy (non-hydrogen) atoms. The van der Waals surface area contributed by atoms with Crippen molar-refractivity contribution in [1.82, 2.24) is 14.9 Å². The molecule has 1 fully saturated rings. The van der Waals surface area contributed by atoms with Crippen LogP contribution < -0.4 is 10.6 Å². The molecule has 144 valence electrons. The van der Waals surface area contributed by atoms with Gasteiger partial charge in [-0.25, -0.2) is 9.97 Å². The topological polar surface area (TPSA) is 75.4 Å². The van der Waals surface area contributed by atoms with Gasteiger partial charge in [0.1, 0.15) is 12.1 Å². The molecule has 2 N–H and O–H groups in total. The number of aromatic nitrogens is 2. The number of thiophene rings is 1. The van der Waals surface area contributed by atoms with Crippen LogP contribution in [-0.2, 0) is 11.2 Å². The maximum absolute atomic E-state index is 12.5. The molecule has 1 amide bonds. The normalized spacial score (nSPS) is 13.8. The number of hydrogen-bond donors (Lipinski definition) is 1. The van der Waals surface area contributed by atoms with Gasteiger partial charge in [0.05, 0.1) is 16.6 Å². The lowest BCUT2D eigenvalue weighted by Crippen LogP contribution is -2.49. The first-order valence-electron chi connectivity index (χ1n) is 8.26. The van der Waals surface area contributed by atoms with Gasteiger partial charge >= 0.3 is 0 Å². The Morgan fingerprint density at radius 2 is 1.74 bits per heavy atom. The van der Waals surface area contributed by atoms with Crippen LogP contribution >= 0.6 is 36.2 Å². The molecule has 0 spiro atoms. The average molecular weight is 426 g/mol. The summed E-state index contributed by atoms with van der Waals surface area (Å²) >= 11 is 1.66. The molecule has 6 nitrogen and oxygen atoms in total. The van der Waals surface area contributed by atoms with Crippen LogP contribution in [-0.4, -0.2) is 47.0 Å². The lowest BCUT2D eigenvalue weighted by atomic mass is 10.1. The average Bonchev–Trinajstić information content (AvgIpc) is 3.12. The van der Waals surface area contributed by atoms with Crippen LogP contribution in [0, 0.1) is 0 Å². The maximum Gasteiger partial charge on any atom is 0.227 e. The van der Waals surface area contributed by atoms with E-state index < -0.39 is 0 Å². The Kier molecular flexibility index (Phi) is 7.24. The Labute approximate surface area is 174 Å². The van der Waals surface area contributed by atoms with Crippen molar-refractivity contribution in [3.05, 3.63) is 47.6 Å². The zero-order chi connectivity index (χ0) is 17.2. The Hall–Kier alpha value is -2.09. The van der Waals surface area contributed by atoms with Gasteiger partial charge in [0.25, 0.3) is 0 Å². The van der Waals surface area contributed by atoms with E-state index in [2.05, 4.69) is 14.9 Å². The second kappa shape index (κ2) is 9.21. The van der Waals surface area contributed by atoms with Crippen molar-refractivity contribution in [3.8, 4) is 0 Å². The third-order valence-corrected chi connectivity index (χ3v) is 5.39. The lowest BCUT2D eigenvalue weighted by molar-refractivity contribution is -0.130. The molecule has 0 bridgehead atoms. The van der Waals surface area contributed by atoms with E-state index in [1.807, 2.05) is 40.6 Å². The van der Waals surface area contributed by atoms with Gasteiger partial charge in [-0.1, -0.05) is 12.1 Å². The Balaban J connectivity index is 0.00000131. The second-order valence-corrected chi connectivity index (χ2v) is 7.03. The van der Waals surface area contributed by atoms with Gasteiger partial charge in [-0.2, -0.15) is 0 Å². The quantitative estimate of drug-likeness (QED) is 0.652. The molecule has 3 aromatic rings. The predicted molar refractivity (Wildman–Crippen MR) is 115 cm³/mol. The molecular weight excluding hydrogens is 405 g/mol. The number of benzene rings is 1. The zero-order valence-electron chi connectivity index (χ0n) is 14.6. The number of halogens is 2. The van der Waals surface area contributed by atoms with Crippen LogP contribution in [0.4, 0.5) is 11.5 Å². The first-order chi connectivity index (χ1) is 12.2. The number of nitrogens with zero attached hydrogens (tertiary/aromatic N) is 4. The molecule has 0 atom stereocenters. The molecule has 1 aliphatic rings. The maximum atomic E-state index is 12.5. The number of amides is 1. The fourth-order valence-corrected chi connectivity index (χ4v) is 3.95. The second-order valence-electron chi connectivity index (χ2n) is 6.12. The van der Waals surface area contributed by atoms with Crippen LogP contribution in [0.3, 0.4) is 0 Å². The van der Waals surface area contributed by atoms with Gasteiger partial charge in [-0.3, -0.25) is 4.79 Å². The molecular formula is C18H21Cl2N5OS. The number of rotatable bonds is 3. The molecule has 1 aromatic carbocycles. The van der Waals surface area contributed by atoms with Crippen LogP contribution in [0.25, 0.3) is 10.2 Å². The minimum Gasteiger partial charge on any atom is -0.399 e. The Bertz CT molecular complexity index is 894. The number of carbonyl (C=O) groups excluding carboxylic acids is 1. The summed E-state index contributed by atoms with van der Waals surface area (Å²) < 4.78 is 1.11. The van der Waals surface area contributed by atoms with Crippen molar-refractivity contribution in [1.29, 1.82) is 0 Å². The molecule has 0 aliphatic carbocycles.